The van der Waals surface area contributed by atoms with Crippen molar-refractivity contribution in [1.82, 2.24) is 19.9 Å². The molecule has 0 saturated carbocycles. The van der Waals surface area contributed by atoms with Crippen molar-refractivity contribution in [1.29, 1.82) is 0 Å². The molecule has 2 N–H and O–H groups in total. The Morgan fingerprint density at radius 1 is 1.32 bits per heavy atom. The van der Waals surface area contributed by atoms with Crippen LogP contribution in [0.15, 0.2) is 36.5 Å². The van der Waals surface area contributed by atoms with Crippen LogP contribution in [0.5, 0.6) is 0 Å². The second-order valence-corrected chi connectivity index (χ2v) is 6.28. The maximum atomic E-state index is 12.7. The molecule has 0 bridgehead atoms. The molecule has 1 unspecified atom stereocenters. The summed E-state index contributed by atoms with van der Waals surface area (Å²) in [6, 6.07) is 10.1. The minimum atomic E-state index is -0.125. The van der Waals surface area contributed by atoms with Gasteiger partial charge in [-0.2, -0.15) is 0 Å². The zero-order chi connectivity index (χ0) is 17.5. The van der Waals surface area contributed by atoms with E-state index in [0.717, 1.165) is 25.9 Å². The van der Waals surface area contributed by atoms with Gasteiger partial charge in [-0.25, -0.2) is 4.68 Å². The predicted molar refractivity (Wildman–Crippen MR) is 94.1 cm³/mol. The number of ether oxygens (including phenoxy) is 1. The molecule has 1 atom stereocenters. The topological polar surface area (TPSA) is 86.3 Å². The molecule has 2 aromatic rings. The van der Waals surface area contributed by atoms with Crippen molar-refractivity contribution >= 4 is 5.91 Å². The zero-order valence-corrected chi connectivity index (χ0v) is 14.4. The summed E-state index contributed by atoms with van der Waals surface area (Å²) in [5.41, 5.74) is 7.23. The SMILES string of the molecule is NCCN(CCc1ccccc1)C(=O)c1cn(CC2CCCO2)nn1. The fourth-order valence-corrected chi connectivity index (χ4v) is 3.02. The summed E-state index contributed by atoms with van der Waals surface area (Å²) in [7, 11) is 0. The van der Waals surface area contributed by atoms with Crippen LogP contribution in [0.3, 0.4) is 0 Å². The van der Waals surface area contributed by atoms with Crippen LogP contribution in [-0.4, -0.2) is 58.1 Å². The minimum absolute atomic E-state index is 0.125. The van der Waals surface area contributed by atoms with Crippen molar-refractivity contribution in [3.8, 4) is 0 Å². The van der Waals surface area contributed by atoms with Gasteiger partial charge < -0.3 is 15.4 Å². The van der Waals surface area contributed by atoms with Gasteiger partial charge in [0.2, 0.25) is 0 Å². The lowest BCUT2D eigenvalue weighted by atomic mass is 10.1. The number of nitrogens with zero attached hydrogens (tertiary/aromatic N) is 4. The van der Waals surface area contributed by atoms with E-state index in [1.807, 2.05) is 18.2 Å². The molecule has 1 aromatic carbocycles. The van der Waals surface area contributed by atoms with Gasteiger partial charge in [0.25, 0.3) is 5.91 Å². The Morgan fingerprint density at radius 3 is 2.88 bits per heavy atom. The normalized spacial score (nSPS) is 16.9. The van der Waals surface area contributed by atoms with Gasteiger partial charge in [-0.15, -0.1) is 5.10 Å². The Hall–Kier alpha value is -2.25. The van der Waals surface area contributed by atoms with Crippen LogP contribution in [0.4, 0.5) is 0 Å². The third kappa shape index (κ3) is 4.87. The summed E-state index contributed by atoms with van der Waals surface area (Å²) in [6.45, 7) is 2.98. The monoisotopic (exact) mass is 343 g/mol. The molecule has 3 rings (SSSR count). The summed E-state index contributed by atoms with van der Waals surface area (Å²) in [6.07, 6.45) is 4.77. The van der Waals surface area contributed by atoms with Crippen LogP contribution in [0.2, 0.25) is 0 Å². The van der Waals surface area contributed by atoms with Crippen molar-refractivity contribution < 1.29 is 9.53 Å². The van der Waals surface area contributed by atoms with E-state index in [-0.39, 0.29) is 12.0 Å². The second kappa shape index (κ2) is 8.73. The smallest absolute Gasteiger partial charge is 0.276 e. The van der Waals surface area contributed by atoms with Crippen molar-refractivity contribution in [2.45, 2.75) is 31.9 Å². The lowest BCUT2D eigenvalue weighted by Gasteiger charge is -2.20. The van der Waals surface area contributed by atoms with E-state index in [0.29, 0.717) is 31.9 Å². The number of aromatic nitrogens is 3. The van der Waals surface area contributed by atoms with Gasteiger partial charge in [0.05, 0.1) is 18.8 Å². The third-order valence-corrected chi connectivity index (χ3v) is 4.37. The quantitative estimate of drug-likeness (QED) is 0.776. The standard InChI is InChI=1S/C18H25N5O2/c19-9-11-22(10-8-15-5-2-1-3-6-15)18(24)17-14-23(21-20-17)13-16-7-4-12-25-16/h1-3,5-6,14,16H,4,7-13,19H2. The van der Waals surface area contributed by atoms with Crippen LogP contribution in [-0.2, 0) is 17.7 Å². The minimum Gasteiger partial charge on any atom is -0.376 e. The molecule has 2 heterocycles. The van der Waals surface area contributed by atoms with Gasteiger partial charge in [-0.3, -0.25) is 4.79 Å². The first kappa shape index (κ1) is 17.6. The summed E-state index contributed by atoms with van der Waals surface area (Å²) >= 11 is 0. The van der Waals surface area contributed by atoms with E-state index < -0.39 is 0 Å². The van der Waals surface area contributed by atoms with Gasteiger partial charge >= 0.3 is 0 Å². The second-order valence-electron chi connectivity index (χ2n) is 6.28. The molecule has 1 amide bonds. The molecule has 1 aromatic heterocycles. The van der Waals surface area contributed by atoms with E-state index in [9.17, 15) is 4.79 Å². The van der Waals surface area contributed by atoms with Crippen molar-refractivity contribution in [2.75, 3.05) is 26.2 Å². The van der Waals surface area contributed by atoms with Crippen LogP contribution in [0, 0.1) is 0 Å². The largest absolute Gasteiger partial charge is 0.376 e. The number of carbonyl (C=O) groups is 1. The highest BCUT2D eigenvalue weighted by Gasteiger charge is 2.21. The molecular weight excluding hydrogens is 318 g/mol. The van der Waals surface area contributed by atoms with Gasteiger partial charge in [0.1, 0.15) is 0 Å². The average Bonchev–Trinajstić information content (AvgIpc) is 3.31. The Kier molecular flexibility index (Phi) is 6.14. The fourth-order valence-electron chi connectivity index (χ4n) is 3.02. The Labute approximate surface area is 147 Å². The zero-order valence-electron chi connectivity index (χ0n) is 14.4. The molecule has 0 aliphatic carbocycles. The third-order valence-electron chi connectivity index (χ3n) is 4.37. The molecule has 7 heteroatoms. The fraction of sp³-hybridized carbons (Fsp3) is 0.500. The first-order chi connectivity index (χ1) is 12.3. The van der Waals surface area contributed by atoms with Crippen molar-refractivity contribution in [3.63, 3.8) is 0 Å². The van der Waals surface area contributed by atoms with E-state index in [4.69, 9.17) is 10.5 Å². The lowest BCUT2D eigenvalue weighted by Crippen LogP contribution is -2.37. The number of hydrogen-bond acceptors (Lipinski definition) is 5. The predicted octanol–water partition coefficient (Wildman–Crippen LogP) is 1.10. The maximum Gasteiger partial charge on any atom is 0.276 e. The maximum absolute atomic E-state index is 12.7. The van der Waals surface area contributed by atoms with Crippen molar-refractivity contribution in [2.24, 2.45) is 5.73 Å². The number of amides is 1. The molecule has 1 fully saturated rings. The lowest BCUT2D eigenvalue weighted by molar-refractivity contribution is 0.0755. The van der Waals surface area contributed by atoms with E-state index >= 15 is 0 Å². The van der Waals surface area contributed by atoms with E-state index in [2.05, 4.69) is 22.4 Å². The molecule has 7 nitrogen and oxygen atoms in total. The van der Waals surface area contributed by atoms with Crippen LogP contribution in [0.1, 0.15) is 28.9 Å². The number of benzene rings is 1. The highest BCUT2D eigenvalue weighted by Crippen LogP contribution is 2.14. The van der Waals surface area contributed by atoms with Crippen LogP contribution >= 0.6 is 0 Å². The molecule has 1 aliphatic heterocycles. The summed E-state index contributed by atoms with van der Waals surface area (Å²) in [5, 5.41) is 8.11. The first-order valence-electron chi connectivity index (χ1n) is 8.81. The van der Waals surface area contributed by atoms with Gasteiger partial charge in [0.15, 0.2) is 5.69 Å². The van der Waals surface area contributed by atoms with Gasteiger partial charge in [-0.1, -0.05) is 35.5 Å². The first-order valence-corrected chi connectivity index (χ1v) is 8.81. The van der Waals surface area contributed by atoms with Gasteiger partial charge in [0, 0.05) is 26.2 Å². The van der Waals surface area contributed by atoms with Crippen LogP contribution in [0.25, 0.3) is 0 Å². The highest BCUT2D eigenvalue weighted by atomic mass is 16.5. The Bertz CT molecular complexity index is 667. The molecular formula is C18H25N5O2. The van der Waals surface area contributed by atoms with Crippen molar-refractivity contribution in [3.05, 3.63) is 47.8 Å². The molecule has 25 heavy (non-hydrogen) atoms. The molecule has 1 aliphatic rings. The number of rotatable bonds is 8. The molecule has 1 saturated heterocycles. The summed E-state index contributed by atoms with van der Waals surface area (Å²) in [4.78, 5) is 14.5. The average molecular weight is 343 g/mol. The molecule has 134 valence electrons. The van der Waals surface area contributed by atoms with Crippen LogP contribution < -0.4 is 5.73 Å². The summed E-state index contributed by atoms with van der Waals surface area (Å²) < 4.78 is 7.30. The van der Waals surface area contributed by atoms with E-state index in [1.54, 1.807) is 15.8 Å². The van der Waals surface area contributed by atoms with Gasteiger partial charge in [-0.05, 0) is 24.8 Å². The molecule has 0 spiro atoms. The Morgan fingerprint density at radius 2 is 2.16 bits per heavy atom. The highest BCUT2D eigenvalue weighted by molar-refractivity contribution is 5.91. The number of nitrogens with two attached hydrogens (primary N) is 1. The van der Waals surface area contributed by atoms with E-state index in [1.165, 1.54) is 5.56 Å². The summed E-state index contributed by atoms with van der Waals surface area (Å²) in [5.74, 6) is -0.125. The molecule has 0 radical (unpaired) electrons. The number of carbonyl (C=O) groups excluding carboxylic acids is 1. The number of hydrogen-bond donors (Lipinski definition) is 1. The Balaban J connectivity index is 1.60.